The number of phenolic OH excluding ortho intramolecular Hbond substituents is 1. The van der Waals surface area contributed by atoms with Crippen LogP contribution in [0.1, 0.15) is 37.6 Å². The Morgan fingerprint density at radius 3 is 2.48 bits per heavy atom. The summed E-state index contributed by atoms with van der Waals surface area (Å²) in [5, 5.41) is 14.0. The molecule has 2 aromatic rings. The summed E-state index contributed by atoms with van der Waals surface area (Å²) in [5.41, 5.74) is -2.26. The lowest BCUT2D eigenvalue weighted by atomic mass is 10.0. The minimum Gasteiger partial charge on any atom is -0.507 e. The van der Waals surface area contributed by atoms with Gasteiger partial charge in [0.25, 0.3) is 0 Å². The van der Waals surface area contributed by atoms with E-state index >= 15 is 0 Å². The zero-order chi connectivity index (χ0) is 18.8. The van der Waals surface area contributed by atoms with Crippen molar-refractivity contribution >= 4 is 21.6 Å². The van der Waals surface area contributed by atoms with Crippen molar-refractivity contribution in [2.24, 2.45) is 5.16 Å². The second-order valence-corrected chi connectivity index (χ2v) is 7.12. The highest BCUT2D eigenvalue weighted by molar-refractivity contribution is 9.10. The Hall–Kier alpha value is -2.09. The van der Waals surface area contributed by atoms with Gasteiger partial charge in [-0.15, -0.1) is 0 Å². The fourth-order valence-corrected chi connectivity index (χ4v) is 2.28. The normalized spacial score (nSPS) is 13.0. The Balaban J connectivity index is 2.72. The number of phenols is 1. The fraction of sp³-hybridized carbons (Fsp3) is 0.294. The van der Waals surface area contributed by atoms with Crippen LogP contribution in [0.2, 0.25) is 0 Å². The molecular weight excluding hydrogens is 401 g/mol. The molecule has 134 valence electrons. The lowest BCUT2D eigenvalue weighted by molar-refractivity contribution is -0.138. The van der Waals surface area contributed by atoms with Crippen LogP contribution in [0.25, 0.3) is 0 Å². The van der Waals surface area contributed by atoms with Gasteiger partial charge in [-0.3, -0.25) is 4.98 Å². The van der Waals surface area contributed by atoms with E-state index in [0.717, 1.165) is 6.07 Å². The second kappa shape index (κ2) is 7.03. The highest BCUT2D eigenvalue weighted by Crippen LogP contribution is 2.34. The lowest BCUT2D eigenvalue weighted by Crippen LogP contribution is -2.20. The lowest BCUT2D eigenvalue weighted by Gasteiger charge is -2.19. The van der Waals surface area contributed by atoms with Crippen molar-refractivity contribution < 1.29 is 23.1 Å². The van der Waals surface area contributed by atoms with Crippen LogP contribution in [-0.2, 0) is 11.0 Å². The van der Waals surface area contributed by atoms with E-state index in [-0.39, 0.29) is 17.0 Å². The van der Waals surface area contributed by atoms with Crippen molar-refractivity contribution in [3.8, 4) is 5.75 Å². The van der Waals surface area contributed by atoms with Crippen LogP contribution < -0.4 is 0 Å². The van der Waals surface area contributed by atoms with E-state index in [4.69, 9.17) is 4.84 Å². The van der Waals surface area contributed by atoms with Crippen LogP contribution in [0.5, 0.6) is 5.75 Å². The van der Waals surface area contributed by atoms with Crippen molar-refractivity contribution in [2.75, 3.05) is 0 Å². The van der Waals surface area contributed by atoms with Crippen molar-refractivity contribution in [1.82, 2.24) is 4.98 Å². The zero-order valence-electron chi connectivity index (χ0n) is 13.7. The maximum atomic E-state index is 13.4. The molecule has 0 atom stereocenters. The van der Waals surface area contributed by atoms with E-state index in [9.17, 15) is 18.3 Å². The van der Waals surface area contributed by atoms with Gasteiger partial charge in [-0.25, -0.2) is 0 Å². The third kappa shape index (κ3) is 4.94. The SMILES string of the molecule is CC(C)(C)O/N=C(/c1cc(Br)ccc1O)c1ncccc1C(F)(F)F. The fourth-order valence-electron chi connectivity index (χ4n) is 1.92. The van der Waals surface area contributed by atoms with E-state index in [0.29, 0.717) is 4.47 Å². The number of rotatable bonds is 3. The first-order valence-electron chi connectivity index (χ1n) is 7.27. The molecule has 0 amide bonds. The summed E-state index contributed by atoms with van der Waals surface area (Å²) in [4.78, 5) is 9.15. The number of hydrogen-bond donors (Lipinski definition) is 1. The maximum Gasteiger partial charge on any atom is 0.418 e. The average Bonchev–Trinajstić information content (AvgIpc) is 2.49. The van der Waals surface area contributed by atoms with Crippen LogP contribution in [0.4, 0.5) is 13.2 Å². The molecule has 0 aliphatic heterocycles. The molecule has 0 bridgehead atoms. The minimum atomic E-state index is -4.63. The number of hydrogen-bond acceptors (Lipinski definition) is 4. The Morgan fingerprint density at radius 1 is 1.20 bits per heavy atom. The quantitative estimate of drug-likeness (QED) is 0.556. The second-order valence-electron chi connectivity index (χ2n) is 6.20. The molecule has 8 heteroatoms. The Labute approximate surface area is 151 Å². The molecule has 0 unspecified atom stereocenters. The first kappa shape index (κ1) is 19.2. The monoisotopic (exact) mass is 416 g/mol. The predicted molar refractivity (Wildman–Crippen MR) is 91.5 cm³/mol. The van der Waals surface area contributed by atoms with Crippen LogP contribution in [-0.4, -0.2) is 21.4 Å². The van der Waals surface area contributed by atoms with Gasteiger partial charge < -0.3 is 9.94 Å². The smallest absolute Gasteiger partial charge is 0.418 e. The Bertz CT molecular complexity index is 799. The molecule has 0 aliphatic carbocycles. The van der Waals surface area contributed by atoms with E-state index in [1.165, 1.54) is 24.4 Å². The number of halogens is 4. The standard InChI is InChI=1S/C17H16BrF3N2O2/c1-16(2,3)25-23-14(11-9-10(18)6-7-13(11)24)15-12(17(19,20)21)5-4-8-22-15/h4-9,24H,1-3H3/b23-14-. The predicted octanol–water partition coefficient (Wildman–Crippen LogP) is 5.14. The Morgan fingerprint density at radius 2 is 1.88 bits per heavy atom. The van der Waals surface area contributed by atoms with Crippen LogP contribution >= 0.6 is 15.9 Å². The molecule has 1 heterocycles. The number of aromatic hydroxyl groups is 1. The van der Waals surface area contributed by atoms with Crippen LogP contribution in [0.3, 0.4) is 0 Å². The van der Waals surface area contributed by atoms with Gasteiger partial charge in [-0.2, -0.15) is 13.2 Å². The molecule has 1 aromatic heterocycles. The van der Waals surface area contributed by atoms with Crippen LogP contribution in [0, 0.1) is 0 Å². The first-order chi connectivity index (χ1) is 11.5. The molecule has 25 heavy (non-hydrogen) atoms. The third-order valence-corrected chi connectivity index (χ3v) is 3.46. The summed E-state index contributed by atoms with van der Waals surface area (Å²) in [6, 6.07) is 6.46. The number of oxime groups is 1. The van der Waals surface area contributed by atoms with Gasteiger partial charge in [0.1, 0.15) is 22.8 Å². The molecule has 1 N–H and O–H groups in total. The van der Waals surface area contributed by atoms with E-state index in [2.05, 4.69) is 26.1 Å². The molecule has 0 saturated heterocycles. The van der Waals surface area contributed by atoms with Crippen molar-refractivity contribution in [2.45, 2.75) is 32.5 Å². The molecule has 0 spiro atoms. The first-order valence-corrected chi connectivity index (χ1v) is 8.06. The van der Waals surface area contributed by atoms with Crippen molar-refractivity contribution in [3.63, 3.8) is 0 Å². The van der Waals surface area contributed by atoms with E-state index in [1.54, 1.807) is 26.8 Å². The molecule has 0 fully saturated rings. The van der Waals surface area contributed by atoms with Gasteiger partial charge in [0.05, 0.1) is 5.56 Å². The highest BCUT2D eigenvalue weighted by Gasteiger charge is 2.36. The molecule has 0 saturated carbocycles. The highest BCUT2D eigenvalue weighted by atomic mass is 79.9. The molecule has 1 aromatic carbocycles. The van der Waals surface area contributed by atoms with Gasteiger partial charge in [0.2, 0.25) is 0 Å². The number of alkyl halides is 3. The van der Waals surface area contributed by atoms with Crippen molar-refractivity contribution in [3.05, 3.63) is 57.8 Å². The molecule has 0 aliphatic rings. The number of aromatic nitrogens is 1. The van der Waals surface area contributed by atoms with E-state index in [1.807, 2.05) is 0 Å². The number of pyridine rings is 1. The van der Waals surface area contributed by atoms with Gasteiger partial charge in [0, 0.05) is 16.2 Å². The summed E-state index contributed by atoms with van der Waals surface area (Å²) < 4.78 is 40.7. The number of benzene rings is 1. The largest absolute Gasteiger partial charge is 0.507 e. The van der Waals surface area contributed by atoms with Gasteiger partial charge >= 0.3 is 6.18 Å². The summed E-state index contributed by atoms with van der Waals surface area (Å²) in [6.07, 6.45) is -3.40. The average molecular weight is 417 g/mol. The summed E-state index contributed by atoms with van der Waals surface area (Å²) in [6.45, 7) is 5.12. The minimum absolute atomic E-state index is 0.0721. The van der Waals surface area contributed by atoms with E-state index < -0.39 is 23.0 Å². The van der Waals surface area contributed by atoms with Gasteiger partial charge in [-0.05, 0) is 51.1 Å². The summed E-state index contributed by atoms with van der Waals surface area (Å²) >= 11 is 3.24. The molecular formula is C17H16BrF3N2O2. The zero-order valence-corrected chi connectivity index (χ0v) is 15.3. The van der Waals surface area contributed by atoms with Gasteiger partial charge in [-0.1, -0.05) is 21.1 Å². The Kier molecular flexibility index (Phi) is 5.41. The third-order valence-electron chi connectivity index (χ3n) is 2.96. The topological polar surface area (TPSA) is 54.7 Å². The number of nitrogens with zero attached hydrogens (tertiary/aromatic N) is 2. The van der Waals surface area contributed by atoms with Gasteiger partial charge in [0.15, 0.2) is 0 Å². The summed E-state index contributed by atoms with van der Waals surface area (Å²) in [7, 11) is 0. The van der Waals surface area contributed by atoms with Crippen molar-refractivity contribution in [1.29, 1.82) is 0 Å². The maximum absolute atomic E-state index is 13.4. The van der Waals surface area contributed by atoms with Crippen LogP contribution in [0.15, 0.2) is 46.2 Å². The summed E-state index contributed by atoms with van der Waals surface area (Å²) in [5.74, 6) is -0.238. The molecule has 2 rings (SSSR count). The molecule has 4 nitrogen and oxygen atoms in total. The molecule has 0 radical (unpaired) electrons.